The first-order chi connectivity index (χ1) is 11.6. The largest absolute Gasteiger partial charge is 0.506 e. The second-order valence-electron chi connectivity index (χ2n) is 5.35. The van der Waals surface area contributed by atoms with Crippen molar-refractivity contribution in [3.05, 3.63) is 52.8 Å². The number of carbonyl (C=O) groups is 1. The molecule has 118 valence electrons. The van der Waals surface area contributed by atoms with Gasteiger partial charge in [-0.2, -0.15) is 0 Å². The molecule has 1 heterocycles. The molecule has 0 bridgehead atoms. The smallest absolute Gasteiger partial charge is 0.243 e. The van der Waals surface area contributed by atoms with Gasteiger partial charge in [-0.25, -0.2) is 9.98 Å². The molecule has 0 aliphatic heterocycles. The third-order valence-electron chi connectivity index (χ3n) is 3.74. The van der Waals surface area contributed by atoms with Gasteiger partial charge in [0.15, 0.2) is 0 Å². The molecular weight excluding hydrogens is 344 g/mol. The fourth-order valence-electron chi connectivity index (χ4n) is 2.76. The van der Waals surface area contributed by atoms with Crippen LogP contribution in [0.3, 0.4) is 0 Å². The van der Waals surface area contributed by atoms with Gasteiger partial charge in [0.2, 0.25) is 5.91 Å². The van der Waals surface area contributed by atoms with Crippen LogP contribution in [0.5, 0.6) is 5.75 Å². The average Bonchev–Trinajstić information content (AvgIpc) is 2.58. The highest BCUT2D eigenvalue weighted by atomic mass is 35.5. The number of aromatic nitrogens is 1. The summed E-state index contributed by atoms with van der Waals surface area (Å²) in [6.45, 7) is 1.37. The Morgan fingerprint density at radius 1 is 1.21 bits per heavy atom. The Morgan fingerprint density at radius 3 is 2.79 bits per heavy atom. The SMILES string of the molecule is CC(=O)N=c1cccc2c1c(O)c(Cl)c1sc3ccccc3nc12. The maximum atomic E-state index is 11.4. The lowest BCUT2D eigenvalue weighted by Gasteiger charge is -2.09. The third-order valence-corrected chi connectivity index (χ3v) is 5.39. The molecule has 1 amide bonds. The second kappa shape index (κ2) is 5.54. The third kappa shape index (κ3) is 2.25. The number of aromatic hydroxyl groups is 1. The molecule has 0 unspecified atom stereocenters. The number of halogens is 1. The summed E-state index contributed by atoms with van der Waals surface area (Å²) in [6.07, 6.45) is 0. The molecule has 0 fully saturated rings. The van der Waals surface area contributed by atoms with Gasteiger partial charge in [-0.1, -0.05) is 35.9 Å². The first-order valence-electron chi connectivity index (χ1n) is 7.24. The van der Waals surface area contributed by atoms with E-state index >= 15 is 0 Å². The number of para-hydroxylation sites is 1. The molecular formula is C18H11ClN2O2S. The van der Waals surface area contributed by atoms with Gasteiger partial charge in [0.05, 0.1) is 31.2 Å². The predicted molar refractivity (Wildman–Crippen MR) is 97.6 cm³/mol. The van der Waals surface area contributed by atoms with Gasteiger partial charge in [0.25, 0.3) is 0 Å². The monoisotopic (exact) mass is 354 g/mol. The summed E-state index contributed by atoms with van der Waals surface area (Å²) in [5, 5.41) is 12.4. The number of carbonyl (C=O) groups excluding carboxylic acids is 1. The van der Waals surface area contributed by atoms with Crippen LogP contribution in [0, 0.1) is 0 Å². The van der Waals surface area contributed by atoms with Crippen molar-refractivity contribution in [3.63, 3.8) is 0 Å². The number of benzene rings is 3. The first-order valence-corrected chi connectivity index (χ1v) is 8.44. The van der Waals surface area contributed by atoms with Gasteiger partial charge in [-0.3, -0.25) is 4.79 Å². The van der Waals surface area contributed by atoms with E-state index in [1.54, 1.807) is 12.1 Å². The molecule has 0 aliphatic rings. The van der Waals surface area contributed by atoms with Gasteiger partial charge >= 0.3 is 0 Å². The zero-order valence-corrected chi connectivity index (χ0v) is 14.1. The van der Waals surface area contributed by atoms with E-state index in [0.717, 1.165) is 15.6 Å². The molecule has 0 atom stereocenters. The number of rotatable bonds is 0. The molecule has 0 saturated carbocycles. The van der Waals surface area contributed by atoms with Gasteiger partial charge in [-0.15, -0.1) is 11.3 Å². The van der Waals surface area contributed by atoms with Crippen molar-refractivity contribution < 1.29 is 9.90 Å². The van der Waals surface area contributed by atoms with E-state index in [-0.39, 0.29) is 16.7 Å². The summed E-state index contributed by atoms with van der Waals surface area (Å²) in [7, 11) is 0. The fraction of sp³-hybridized carbons (Fsp3) is 0.0556. The number of phenols is 1. The Kier molecular flexibility index (Phi) is 3.48. The number of hydrogen-bond acceptors (Lipinski definition) is 4. The maximum absolute atomic E-state index is 11.4. The van der Waals surface area contributed by atoms with E-state index < -0.39 is 0 Å². The van der Waals surface area contributed by atoms with E-state index in [1.165, 1.54) is 18.3 Å². The zero-order valence-electron chi connectivity index (χ0n) is 12.6. The molecule has 0 radical (unpaired) electrons. The van der Waals surface area contributed by atoms with Gasteiger partial charge < -0.3 is 5.11 Å². The second-order valence-corrected chi connectivity index (χ2v) is 6.78. The fourth-order valence-corrected chi connectivity index (χ4v) is 4.09. The molecule has 24 heavy (non-hydrogen) atoms. The van der Waals surface area contributed by atoms with Crippen LogP contribution in [0.1, 0.15) is 6.92 Å². The lowest BCUT2D eigenvalue weighted by molar-refractivity contribution is -0.116. The minimum atomic E-state index is -0.340. The summed E-state index contributed by atoms with van der Waals surface area (Å²) in [5.41, 5.74) is 1.55. The van der Waals surface area contributed by atoms with Crippen molar-refractivity contribution in [2.45, 2.75) is 6.92 Å². The van der Waals surface area contributed by atoms with Crippen molar-refractivity contribution in [2.24, 2.45) is 4.99 Å². The van der Waals surface area contributed by atoms with Gasteiger partial charge in [0.1, 0.15) is 10.8 Å². The minimum Gasteiger partial charge on any atom is -0.506 e. The van der Waals surface area contributed by atoms with E-state index in [9.17, 15) is 9.90 Å². The number of phenolic OH excluding ortho intramolecular Hbond substituents is 1. The van der Waals surface area contributed by atoms with E-state index in [1.807, 2.05) is 30.3 Å². The molecule has 0 aliphatic carbocycles. The maximum Gasteiger partial charge on any atom is 0.243 e. The predicted octanol–water partition coefficient (Wildman–Crippen LogP) is 4.41. The molecule has 4 nitrogen and oxygen atoms in total. The Balaban J connectivity index is 2.30. The number of fused-ring (bicyclic) bond motifs is 4. The van der Waals surface area contributed by atoms with Crippen molar-refractivity contribution >= 4 is 60.1 Å². The normalized spacial score (nSPS) is 12.3. The van der Waals surface area contributed by atoms with Crippen LogP contribution in [0.2, 0.25) is 5.02 Å². The summed E-state index contributed by atoms with van der Waals surface area (Å²) in [5.74, 6) is -0.416. The molecule has 1 aromatic heterocycles. The summed E-state index contributed by atoms with van der Waals surface area (Å²) < 4.78 is 1.69. The van der Waals surface area contributed by atoms with E-state index in [2.05, 4.69) is 4.99 Å². The molecule has 4 aromatic rings. The quantitative estimate of drug-likeness (QED) is 0.376. The highest BCUT2D eigenvalue weighted by molar-refractivity contribution is 7.25. The molecule has 3 aromatic carbocycles. The Bertz CT molecular complexity index is 1210. The van der Waals surface area contributed by atoms with Crippen LogP contribution in [-0.2, 0) is 4.79 Å². The standard InChI is InChI=1S/C18H11ClN2O2S/c1-9(22)20-12-7-4-5-10-14(12)17(23)15(19)18-16(10)21-11-6-2-3-8-13(11)24-18/h2-8,23H,1H3. The van der Waals surface area contributed by atoms with Crippen molar-refractivity contribution in [1.82, 2.24) is 4.98 Å². The van der Waals surface area contributed by atoms with Crippen molar-refractivity contribution in [2.75, 3.05) is 0 Å². The number of amides is 1. The van der Waals surface area contributed by atoms with Crippen LogP contribution >= 0.6 is 22.9 Å². The zero-order chi connectivity index (χ0) is 16.8. The summed E-state index contributed by atoms with van der Waals surface area (Å²) in [6, 6.07) is 13.1. The van der Waals surface area contributed by atoms with E-state index in [4.69, 9.17) is 16.6 Å². The van der Waals surface area contributed by atoms with Gasteiger partial charge in [-0.05, 0) is 18.2 Å². The highest BCUT2D eigenvalue weighted by Crippen LogP contribution is 2.41. The Labute approximate surface area is 145 Å². The van der Waals surface area contributed by atoms with E-state index in [0.29, 0.717) is 21.0 Å². The molecule has 6 heteroatoms. The minimum absolute atomic E-state index is 0.0758. The van der Waals surface area contributed by atoms with Gasteiger partial charge in [0, 0.05) is 12.3 Å². The van der Waals surface area contributed by atoms with Crippen LogP contribution in [-0.4, -0.2) is 16.0 Å². The summed E-state index contributed by atoms with van der Waals surface area (Å²) >= 11 is 7.88. The topological polar surface area (TPSA) is 62.5 Å². The molecule has 1 N–H and O–H groups in total. The van der Waals surface area contributed by atoms with Crippen LogP contribution in [0.4, 0.5) is 0 Å². The van der Waals surface area contributed by atoms with Crippen molar-refractivity contribution in [1.29, 1.82) is 0 Å². The summed E-state index contributed by atoms with van der Waals surface area (Å²) in [4.78, 5) is 20.1. The van der Waals surface area contributed by atoms with Crippen LogP contribution in [0.25, 0.3) is 31.2 Å². The van der Waals surface area contributed by atoms with Crippen LogP contribution in [0.15, 0.2) is 47.5 Å². The highest BCUT2D eigenvalue weighted by Gasteiger charge is 2.16. The Hall–Kier alpha value is -2.50. The average molecular weight is 355 g/mol. The molecule has 0 saturated heterocycles. The lowest BCUT2D eigenvalue weighted by Crippen LogP contribution is -2.06. The Morgan fingerprint density at radius 2 is 2.00 bits per heavy atom. The lowest BCUT2D eigenvalue weighted by atomic mass is 10.1. The molecule has 0 spiro atoms. The van der Waals surface area contributed by atoms with Crippen LogP contribution < -0.4 is 5.36 Å². The van der Waals surface area contributed by atoms with Crippen molar-refractivity contribution in [3.8, 4) is 5.75 Å². The molecule has 4 rings (SSSR count). The number of nitrogens with zero attached hydrogens (tertiary/aromatic N) is 2. The number of hydrogen-bond donors (Lipinski definition) is 1. The first kappa shape index (κ1) is 15.1.